The lowest BCUT2D eigenvalue weighted by atomic mass is 9.86. The van der Waals surface area contributed by atoms with Gasteiger partial charge in [-0.3, -0.25) is 14.2 Å². The van der Waals surface area contributed by atoms with Crippen molar-refractivity contribution >= 4 is 23.6 Å². The van der Waals surface area contributed by atoms with Gasteiger partial charge in [0.25, 0.3) is 11.5 Å². The summed E-state index contributed by atoms with van der Waals surface area (Å²) < 4.78 is 1.44. The predicted molar refractivity (Wildman–Crippen MR) is 77.6 cm³/mol. The van der Waals surface area contributed by atoms with E-state index in [1.165, 1.54) is 22.5 Å². The molecule has 2 rings (SSSR count). The predicted octanol–water partition coefficient (Wildman–Crippen LogP) is 0.578. The molecule has 8 heteroatoms. The Morgan fingerprint density at radius 1 is 1.48 bits per heavy atom. The standard InChI is InChI=1S/C13H17N3O4S/c1-13(2,3)8(11(19)20)15-9(17)7-6-14-12-16(10(7)18)4-5-21-12/h6,8H,4-5H2,1-3H3,(H,15,17)(H,19,20). The molecule has 0 bridgehead atoms. The second-order valence-corrected chi connectivity index (χ2v) is 6.93. The Morgan fingerprint density at radius 3 is 2.71 bits per heavy atom. The van der Waals surface area contributed by atoms with Gasteiger partial charge in [0.1, 0.15) is 11.6 Å². The molecular formula is C13H17N3O4S. The number of fused-ring (bicyclic) bond motifs is 1. The van der Waals surface area contributed by atoms with E-state index in [0.29, 0.717) is 11.7 Å². The number of rotatable bonds is 3. The van der Waals surface area contributed by atoms with Gasteiger partial charge in [-0.2, -0.15) is 0 Å². The number of carbonyl (C=O) groups excluding carboxylic acids is 1. The van der Waals surface area contributed by atoms with Crippen molar-refractivity contribution in [3.63, 3.8) is 0 Å². The van der Waals surface area contributed by atoms with Gasteiger partial charge in [-0.15, -0.1) is 0 Å². The highest BCUT2D eigenvalue weighted by molar-refractivity contribution is 7.99. The molecule has 1 atom stereocenters. The molecule has 1 aromatic rings. The Balaban J connectivity index is 2.29. The van der Waals surface area contributed by atoms with Gasteiger partial charge < -0.3 is 10.4 Å². The van der Waals surface area contributed by atoms with E-state index in [1.54, 1.807) is 20.8 Å². The summed E-state index contributed by atoms with van der Waals surface area (Å²) in [6.07, 6.45) is 1.21. The van der Waals surface area contributed by atoms with Crippen LogP contribution in [0.4, 0.5) is 0 Å². The molecule has 1 aliphatic heterocycles. The minimum Gasteiger partial charge on any atom is -0.480 e. The van der Waals surface area contributed by atoms with Crippen molar-refractivity contribution in [1.29, 1.82) is 0 Å². The minimum atomic E-state index is -1.14. The van der Waals surface area contributed by atoms with E-state index in [-0.39, 0.29) is 5.56 Å². The van der Waals surface area contributed by atoms with Gasteiger partial charge in [0.05, 0.1) is 0 Å². The first-order valence-corrected chi connectivity index (χ1v) is 7.46. The van der Waals surface area contributed by atoms with Gasteiger partial charge in [-0.05, 0) is 5.41 Å². The van der Waals surface area contributed by atoms with Crippen molar-refractivity contribution in [2.24, 2.45) is 5.41 Å². The first-order valence-electron chi connectivity index (χ1n) is 6.48. The number of hydrogen-bond acceptors (Lipinski definition) is 5. The number of aliphatic carboxylic acids is 1. The van der Waals surface area contributed by atoms with Crippen LogP contribution in [0.1, 0.15) is 31.1 Å². The maximum atomic E-state index is 12.2. The van der Waals surface area contributed by atoms with Crippen molar-refractivity contribution in [3.05, 3.63) is 22.1 Å². The van der Waals surface area contributed by atoms with E-state index in [4.69, 9.17) is 0 Å². The molecule has 0 spiro atoms. The van der Waals surface area contributed by atoms with E-state index < -0.39 is 28.9 Å². The quantitative estimate of drug-likeness (QED) is 0.792. The molecule has 0 fully saturated rings. The minimum absolute atomic E-state index is 0.128. The molecule has 114 valence electrons. The molecule has 0 saturated carbocycles. The number of carboxylic acid groups (broad SMARTS) is 1. The molecule has 0 saturated heterocycles. The number of carboxylic acids is 1. The second-order valence-electron chi connectivity index (χ2n) is 5.87. The van der Waals surface area contributed by atoms with Gasteiger partial charge in [0.2, 0.25) is 0 Å². The van der Waals surface area contributed by atoms with E-state index in [0.717, 1.165) is 5.75 Å². The fourth-order valence-corrected chi connectivity index (χ4v) is 2.94. The average molecular weight is 311 g/mol. The van der Waals surface area contributed by atoms with Crippen molar-refractivity contribution in [2.45, 2.75) is 38.5 Å². The van der Waals surface area contributed by atoms with Gasteiger partial charge in [0, 0.05) is 18.5 Å². The zero-order valence-corrected chi connectivity index (χ0v) is 12.9. The molecule has 1 aromatic heterocycles. The summed E-state index contributed by atoms with van der Waals surface area (Å²) in [6.45, 7) is 5.62. The molecule has 0 radical (unpaired) electrons. The Bertz CT molecular complexity index is 648. The van der Waals surface area contributed by atoms with Gasteiger partial charge in [-0.1, -0.05) is 32.5 Å². The Kier molecular flexibility index (Phi) is 4.08. The number of carbonyl (C=O) groups is 2. The van der Waals surface area contributed by atoms with E-state index in [1.807, 2.05) is 0 Å². The number of thioether (sulfide) groups is 1. The molecule has 0 aromatic carbocycles. The van der Waals surface area contributed by atoms with Crippen LogP contribution in [0, 0.1) is 5.41 Å². The van der Waals surface area contributed by atoms with Gasteiger partial charge in [-0.25, -0.2) is 9.78 Å². The Labute approximate surface area is 125 Å². The van der Waals surface area contributed by atoms with Crippen LogP contribution in [0.5, 0.6) is 0 Å². The van der Waals surface area contributed by atoms with Crippen LogP contribution in [-0.2, 0) is 11.3 Å². The second kappa shape index (κ2) is 5.51. The molecule has 7 nitrogen and oxygen atoms in total. The Hall–Kier alpha value is -1.83. The first-order chi connectivity index (χ1) is 9.71. The zero-order chi connectivity index (χ0) is 15.8. The highest BCUT2D eigenvalue weighted by atomic mass is 32.2. The summed E-state index contributed by atoms with van der Waals surface area (Å²) >= 11 is 1.45. The van der Waals surface area contributed by atoms with Gasteiger partial charge in [0.15, 0.2) is 5.16 Å². The molecule has 2 heterocycles. The maximum Gasteiger partial charge on any atom is 0.326 e. The van der Waals surface area contributed by atoms with Crippen molar-refractivity contribution in [3.8, 4) is 0 Å². The lowest BCUT2D eigenvalue weighted by Crippen LogP contribution is -2.50. The number of amides is 1. The van der Waals surface area contributed by atoms with Crippen LogP contribution < -0.4 is 10.9 Å². The number of nitrogens with zero attached hydrogens (tertiary/aromatic N) is 2. The lowest BCUT2D eigenvalue weighted by molar-refractivity contribution is -0.142. The normalized spacial score (nSPS) is 15.4. The zero-order valence-electron chi connectivity index (χ0n) is 12.0. The molecule has 1 amide bonds. The van der Waals surface area contributed by atoms with Crippen LogP contribution in [0.3, 0.4) is 0 Å². The largest absolute Gasteiger partial charge is 0.480 e. The van der Waals surface area contributed by atoms with E-state index >= 15 is 0 Å². The number of nitrogens with one attached hydrogen (secondary N) is 1. The van der Waals surface area contributed by atoms with Crippen LogP contribution in [0.25, 0.3) is 0 Å². The number of aromatic nitrogens is 2. The first kappa shape index (κ1) is 15.6. The molecule has 0 aliphatic carbocycles. The van der Waals surface area contributed by atoms with Crippen molar-refractivity contribution in [2.75, 3.05) is 5.75 Å². The van der Waals surface area contributed by atoms with Crippen LogP contribution in [0.15, 0.2) is 16.1 Å². The SMILES string of the molecule is CC(C)(C)C(NC(=O)c1cnc2n(c1=O)CCS2)C(=O)O. The smallest absolute Gasteiger partial charge is 0.326 e. The third kappa shape index (κ3) is 3.10. The molecular weight excluding hydrogens is 294 g/mol. The molecule has 1 unspecified atom stereocenters. The topological polar surface area (TPSA) is 101 Å². The highest BCUT2D eigenvalue weighted by Crippen LogP contribution is 2.21. The van der Waals surface area contributed by atoms with Crippen LogP contribution in [-0.4, -0.2) is 38.3 Å². The summed E-state index contributed by atoms with van der Waals surface area (Å²) in [5.41, 5.74) is -1.23. The summed E-state index contributed by atoms with van der Waals surface area (Å²) in [6, 6.07) is -1.09. The van der Waals surface area contributed by atoms with Crippen LogP contribution >= 0.6 is 11.8 Å². The third-order valence-corrected chi connectivity index (χ3v) is 4.16. The molecule has 1 aliphatic rings. The maximum absolute atomic E-state index is 12.2. The van der Waals surface area contributed by atoms with E-state index in [9.17, 15) is 19.5 Å². The number of hydrogen-bond donors (Lipinski definition) is 2. The molecule has 2 N–H and O–H groups in total. The summed E-state index contributed by atoms with van der Waals surface area (Å²) in [5, 5.41) is 12.2. The highest BCUT2D eigenvalue weighted by Gasteiger charge is 2.33. The monoisotopic (exact) mass is 311 g/mol. The third-order valence-electron chi connectivity index (χ3n) is 3.19. The van der Waals surface area contributed by atoms with Crippen molar-refractivity contribution in [1.82, 2.24) is 14.9 Å². The van der Waals surface area contributed by atoms with Crippen molar-refractivity contribution < 1.29 is 14.7 Å². The fraction of sp³-hybridized carbons (Fsp3) is 0.538. The average Bonchev–Trinajstić information content (AvgIpc) is 2.83. The summed E-state index contributed by atoms with van der Waals surface area (Å²) in [4.78, 5) is 39.7. The molecule has 21 heavy (non-hydrogen) atoms. The fourth-order valence-electron chi connectivity index (χ4n) is 2.03. The van der Waals surface area contributed by atoms with E-state index in [2.05, 4.69) is 10.3 Å². The summed E-state index contributed by atoms with van der Waals surface area (Å²) in [7, 11) is 0. The lowest BCUT2D eigenvalue weighted by Gasteiger charge is -2.27. The Morgan fingerprint density at radius 2 is 2.14 bits per heavy atom. The summed E-state index contributed by atoms with van der Waals surface area (Å²) in [5.74, 6) is -1.10. The van der Waals surface area contributed by atoms with Gasteiger partial charge >= 0.3 is 5.97 Å². The van der Waals surface area contributed by atoms with Crippen LogP contribution in [0.2, 0.25) is 0 Å².